The zero-order chi connectivity index (χ0) is 18.6. The number of hydrogen-bond donors (Lipinski definition) is 1. The Balaban J connectivity index is 2.27. The van der Waals surface area contributed by atoms with Gasteiger partial charge in [0, 0.05) is 4.47 Å². The van der Waals surface area contributed by atoms with E-state index in [2.05, 4.69) is 21.2 Å². The molecule has 2 rings (SSSR count). The number of anilines is 1. The van der Waals surface area contributed by atoms with Gasteiger partial charge in [-0.05, 0) is 30.2 Å². The summed E-state index contributed by atoms with van der Waals surface area (Å²) in [4.78, 5) is 36.4. The van der Waals surface area contributed by atoms with Crippen molar-refractivity contribution in [1.82, 2.24) is 0 Å². The number of nitrogens with one attached hydrogen (secondary N) is 1. The van der Waals surface area contributed by atoms with Crippen LogP contribution in [0.15, 0.2) is 28.7 Å². The fourth-order valence-corrected chi connectivity index (χ4v) is 3.59. The fraction of sp³-hybridized carbons (Fsp3) is 0.235. The highest BCUT2D eigenvalue weighted by atomic mass is 79.9. The molecule has 2 aromatic rings. The summed E-state index contributed by atoms with van der Waals surface area (Å²) in [5, 5.41) is 2.96. The second-order valence-electron chi connectivity index (χ2n) is 5.09. The number of esters is 2. The number of benzene rings is 1. The first-order valence-corrected chi connectivity index (χ1v) is 8.82. The van der Waals surface area contributed by atoms with E-state index in [1.54, 1.807) is 6.92 Å². The first kappa shape index (κ1) is 19.1. The summed E-state index contributed by atoms with van der Waals surface area (Å²) in [6.07, 6.45) is 0.137. The van der Waals surface area contributed by atoms with Gasteiger partial charge in [0.05, 0.1) is 26.2 Å². The first-order valence-electron chi connectivity index (χ1n) is 7.21. The van der Waals surface area contributed by atoms with E-state index < -0.39 is 11.9 Å². The number of amides is 1. The van der Waals surface area contributed by atoms with Gasteiger partial charge >= 0.3 is 11.9 Å². The molecule has 0 aliphatic heterocycles. The topological polar surface area (TPSA) is 81.7 Å². The molecule has 0 saturated carbocycles. The van der Waals surface area contributed by atoms with Crippen LogP contribution in [0.3, 0.4) is 0 Å². The molecule has 0 unspecified atom stereocenters. The van der Waals surface area contributed by atoms with Gasteiger partial charge in [-0.1, -0.05) is 28.1 Å². The summed E-state index contributed by atoms with van der Waals surface area (Å²) < 4.78 is 10.4. The Morgan fingerprint density at radius 3 is 2.24 bits per heavy atom. The number of carbonyl (C=O) groups excluding carboxylic acids is 3. The Morgan fingerprint density at radius 2 is 1.68 bits per heavy atom. The molecular weight excluding hydrogens is 410 g/mol. The third-order valence-electron chi connectivity index (χ3n) is 3.44. The van der Waals surface area contributed by atoms with Crippen molar-refractivity contribution in [2.45, 2.75) is 13.3 Å². The van der Waals surface area contributed by atoms with Crippen molar-refractivity contribution in [1.29, 1.82) is 0 Å². The zero-order valence-electron chi connectivity index (χ0n) is 13.8. The number of thiophene rings is 1. The number of carbonyl (C=O) groups is 3. The van der Waals surface area contributed by atoms with Gasteiger partial charge in [-0.3, -0.25) is 4.79 Å². The van der Waals surface area contributed by atoms with E-state index in [0.717, 1.165) is 21.4 Å². The maximum absolute atomic E-state index is 12.3. The minimum Gasteiger partial charge on any atom is -0.465 e. The van der Waals surface area contributed by atoms with Crippen LogP contribution in [-0.4, -0.2) is 32.1 Å². The van der Waals surface area contributed by atoms with Gasteiger partial charge in [0.25, 0.3) is 0 Å². The fourth-order valence-electron chi connectivity index (χ4n) is 2.20. The highest BCUT2D eigenvalue weighted by Crippen LogP contribution is 2.34. The number of hydrogen-bond acceptors (Lipinski definition) is 6. The standard InChI is InChI=1S/C17H16BrNO5S/c1-9-13(16(21)23-2)15(25-14(9)17(22)24-3)19-12(20)8-10-4-6-11(18)7-5-10/h4-7H,8H2,1-3H3,(H,19,20). The Labute approximate surface area is 157 Å². The molecule has 0 radical (unpaired) electrons. The van der Waals surface area contributed by atoms with E-state index in [1.807, 2.05) is 24.3 Å². The molecular formula is C17H16BrNO5S. The zero-order valence-corrected chi connectivity index (χ0v) is 16.2. The molecule has 1 amide bonds. The third kappa shape index (κ3) is 4.46. The van der Waals surface area contributed by atoms with Crippen LogP contribution in [-0.2, 0) is 20.7 Å². The van der Waals surface area contributed by atoms with Gasteiger partial charge in [-0.15, -0.1) is 11.3 Å². The molecule has 0 spiro atoms. The number of rotatable bonds is 5. The largest absolute Gasteiger partial charge is 0.465 e. The summed E-state index contributed by atoms with van der Waals surface area (Å²) in [5.41, 5.74) is 1.40. The molecule has 0 atom stereocenters. The van der Waals surface area contributed by atoms with E-state index in [9.17, 15) is 14.4 Å². The average molecular weight is 426 g/mol. The minimum atomic E-state index is -0.622. The van der Waals surface area contributed by atoms with Gasteiger partial charge < -0.3 is 14.8 Å². The van der Waals surface area contributed by atoms with Gasteiger partial charge in [-0.25, -0.2) is 9.59 Å². The lowest BCUT2D eigenvalue weighted by Crippen LogP contribution is -2.16. The first-order chi connectivity index (χ1) is 11.9. The van der Waals surface area contributed by atoms with Crippen molar-refractivity contribution in [2.75, 3.05) is 19.5 Å². The smallest absolute Gasteiger partial charge is 0.348 e. The van der Waals surface area contributed by atoms with E-state index in [0.29, 0.717) is 5.56 Å². The van der Waals surface area contributed by atoms with Crippen LogP contribution in [0, 0.1) is 6.92 Å². The molecule has 0 fully saturated rings. The molecule has 8 heteroatoms. The van der Waals surface area contributed by atoms with Gasteiger partial charge in [0.15, 0.2) is 0 Å². The lowest BCUT2D eigenvalue weighted by atomic mass is 10.1. The average Bonchev–Trinajstić information content (AvgIpc) is 2.91. The molecule has 6 nitrogen and oxygen atoms in total. The molecule has 1 heterocycles. The Bertz CT molecular complexity index is 813. The van der Waals surface area contributed by atoms with Crippen molar-refractivity contribution in [3.63, 3.8) is 0 Å². The molecule has 0 aliphatic rings. The van der Waals surface area contributed by atoms with Gasteiger partial charge in [0.1, 0.15) is 9.88 Å². The predicted octanol–water partition coefficient (Wildman–Crippen LogP) is 3.57. The van der Waals surface area contributed by atoms with Crippen molar-refractivity contribution >= 4 is 50.1 Å². The van der Waals surface area contributed by atoms with Crippen molar-refractivity contribution in [3.05, 3.63) is 50.3 Å². The van der Waals surface area contributed by atoms with Gasteiger partial charge in [-0.2, -0.15) is 0 Å². The molecule has 1 aromatic carbocycles. The maximum atomic E-state index is 12.3. The third-order valence-corrected chi connectivity index (χ3v) is 5.15. The highest BCUT2D eigenvalue weighted by Gasteiger charge is 2.26. The van der Waals surface area contributed by atoms with Crippen LogP contribution in [0.4, 0.5) is 5.00 Å². The number of halogens is 1. The number of ether oxygens (including phenoxy) is 2. The van der Waals surface area contributed by atoms with Crippen molar-refractivity contribution in [3.8, 4) is 0 Å². The highest BCUT2D eigenvalue weighted by molar-refractivity contribution is 9.10. The quantitative estimate of drug-likeness (QED) is 0.740. The number of methoxy groups -OCH3 is 2. The van der Waals surface area contributed by atoms with Crippen LogP contribution in [0.1, 0.15) is 31.2 Å². The summed E-state index contributed by atoms with van der Waals surface area (Å²) >= 11 is 4.32. The second kappa shape index (κ2) is 8.26. The molecule has 0 aliphatic carbocycles. The van der Waals surface area contributed by atoms with Crippen LogP contribution < -0.4 is 5.32 Å². The Morgan fingerprint density at radius 1 is 1.08 bits per heavy atom. The molecule has 25 heavy (non-hydrogen) atoms. The Hall–Kier alpha value is -2.19. The lowest BCUT2D eigenvalue weighted by Gasteiger charge is -2.06. The van der Waals surface area contributed by atoms with E-state index in [4.69, 9.17) is 9.47 Å². The van der Waals surface area contributed by atoms with E-state index >= 15 is 0 Å². The normalized spacial score (nSPS) is 10.2. The predicted molar refractivity (Wildman–Crippen MR) is 98.2 cm³/mol. The molecule has 1 N–H and O–H groups in total. The van der Waals surface area contributed by atoms with Crippen LogP contribution in [0.5, 0.6) is 0 Å². The van der Waals surface area contributed by atoms with Crippen molar-refractivity contribution < 1.29 is 23.9 Å². The van der Waals surface area contributed by atoms with Crippen molar-refractivity contribution in [2.24, 2.45) is 0 Å². The molecule has 0 saturated heterocycles. The van der Waals surface area contributed by atoms with Crippen LogP contribution in [0.25, 0.3) is 0 Å². The maximum Gasteiger partial charge on any atom is 0.348 e. The molecule has 0 bridgehead atoms. The summed E-state index contributed by atoms with van der Waals surface area (Å²) in [7, 11) is 2.50. The Kier molecular flexibility index (Phi) is 6.33. The summed E-state index contributed by atoms with van der Waals surface area (Å²) in [6.45, 7) is 1.61. The molecule has 132 valence electrons. The van der Waals surface area contributed by atoms with E-state index in [-0.39, 0.29) is 27.8 Å². The van der Waals surface area contributed by atoms with Crippen LogP contribution in [0.2, 0.25) is 0 Å². The van der Waals surface area contributed by atoms with Crippen LogP contribution >= 0.6 is 27.3 Å². The van der Waals surface area contributed by atoms with E-state index in [1.165, 1.54) is 14.2 Å². The second-order valence-corrected chi connectivity index (χ2v) is 7.03. The SMILES string of the molecule is COC(=O)c1sc(NC(=O)Cc2ccc(Br)cc2)c(C(=O)OC)c1C. The molecule has 1 aromatic heterocycles. The monoisotopic (exact) mass is 425 g/mol. The summed E-state index contributed by atoms with van der Waals surface area (Å²) in [5.74, 6) is -1.49. The van der Waals surface area contributed by atoms with Gasteiger partial charge in [0.2, 0.25) is 5.91 Å². The summed E-state index contributed by atoms with van der Waals surface area (Å²) in [6, 6.07) is 7.33. The lowest BCUT2D eigenvalue weighted by molar-refractivity contribution is -0.115. The minimum absolute atomic E-state index is 0.137.